The minimum absolute atomic E-state index is 0.0972. The van der Waals surface area contributed by atoms with E-state index in [4.69, 9.17) is 10.2 Å². The number of carboxylic acid groups (broad SMARTS) is 2. The number of hydrogen-bond donors (Lipinski definition) is 2. The molecule has 1 unspecified atom stereocenters. The summed E-state index contributed by atoms with van der Waals surface area (Å²) < 4.78 is 0. The fourth-order valence-electron chi connectivity index (χ4n) is 4.19. The molecular formula is C34H48O5. The maximum absolute atomic E-state index is 12.2. The fourth-order valence-corrected chi connectivity index (χ4v) is 4.19. The number of aliphatic carboxylic acids is 2. The Hall–Kier alpha value is -3.21. The highest BCUT2D eigenvalue weighted by Gasteiger charge is 2.16. The van der Waals surface area contributed by atoms with E-state index in [2.05, 4.69) is 19.1 Å². The molecule has 2 aromatic rings. The highest BCUT2D eigenvalue weighted by molar-refractivity contribution is 6.09. The first-order chi connectivity index (χ1) is 18.9. The Morgan fingerprint density at radius 3 is 1.79 bits per heavy atom. The van der Waals surface area contributed by atoms with Crippen LogP contribution in [0.3, 0.4) is 0 Å². The first-order valence-corrected chi connectivity index (χ1v) is 14.7. The van der Waals surface area contributed by atoms with E-state index >= 15 is 0 Å². The van der Waals surface area contributed by atoms with E-state index in [1.54, 1.807) is 55.5 Å². The summed E-state index contributed by atoms with van der Waals surface area (Å²) in [7, 11) is 0. The summed E-state index contributed by atoms with van der Waals surface area (Å²) in [5.74, 6) is -2.28. The molecule has 0 bridgehead atoms. The number of carbonyl (C=O) groups is 3. The molecule has 0 heterocycles. The van der Waals surface area contributed by atoms with Gasteiger partial charge in [-0.2, -0.15) is 0 Å². The van der Waals surface area contributed by atoms with Gasteiger partial charge in [0.15, 0.2) is 5.78 Å². The van der Waals surface area contributed by atoms with E-state index in [9.17, 15) is 14.4 Å². The van der Waals surface area contributed by atoms with Gasteiger partial charge in [0.05, 0.1) is 5.92 Å². The van der Waals surface area contributed by atoms with E-state index in [-0.39, 0.29) is 5.78 Å². The second-order valence-electron chi connectivity index (χ2n) is 10.1. The van der Waals surface area contributed by atoms with E-state index in [1.165, 1.54) is 70.6 Å². The third-order valence-corrected chi connectivity index (χ3v) is 6.71. The molecule has 5 heteroatoms. The molecule has 2 rings (SSSR count). The number of carbonyl (C=O) groups excluding carboxylic acids is 1. The van der Waals surface area contributed by atoms with Crippen LogP contribution in [0.1, 0.15) is 131 Å². The molecule has 0 radical (unpaired) electrons. The summed E-state index contributed by atoms with van der Waals surface area (Å²) >= 11 is 0. The summed E-state index contributed by atoms with van der Waals surface area (Å²) in [5.41, 5.74) is 1.74. The second-order valence-corrected chi connectivity index (χ2v) is 10.1. The molecule has 0 aliphatic rings. The number of ketones is 1. The lowest BCUT2D eigenvalue weighted by molar-refractivity contribution is -0.138. The molecule has 0 saturated heterocycles. The smallest absolute Gasteiger partial charge is 0.310 e. The van der Waals surface area contributed by atoms with Crippen LogP contribution in [-0.2, 0) is 9.59 Å². The first kappa shape index (κ1) is 33.8. The molecule has 39 heavy (non-hydrogen) atoms. The van der Waals surface area contributed by atoms with Crippen molar-refractivity contribution < 1.29 is 24.6 Å². The van der Waals surface area contributed by atoms with Gasteiger partial charge in [0.1, 0.15) is 0 Å². The van der Waals surface area contributed by atoms with Crippen molar-refractivity contribution in [3.05, 3.63) is 83.4 Å². The number of hydrogen-bond acceptors (Lipinski definition) is 3. The third-order valence-electron chi connectivity index (χ3n) is 6.71. The quantitative estimate of drug-likeness (QED) is 0.106. The van der Waals surface area contributed by atoms with Crippen molar-refractivity contribution >= 4 is 17.7 Å². The SMILES string of the molecule is CC(C(=O)O)c1cccc(C(=O)c2ccccc2)c1.CCCCCCCC/C=C\CCCCCCCC(=O)O. The van der Waals surface area contributed by atoms with E-state index in [0.717, 1.165) is 12.8 Å². The Labute approximate surface area is 235 Å². The Morgan fingerprint density at radius 2 is 1.23 bits per heavy atom. The Morgan fingerprint density at radius 1 is 0.692 bits per heavy atom. The van der Waals surface area contributed by atoms with E-state index in [1.807, 2.05) is 6.07 Å². The van der Waals surface area contributed by atoms with Crippen LogP contribution in [0, 0.1) is 0 Å². The van der Waals surface area contributed by atoms with Crippen LogP contribution in [0.2, 0.25) is 0 Å². The summed E-state index contributed by atoms with van der Waals surface area (Å²) in [6.07, 6.45) is 21.2. The molecule has 0 aromatic heterocycles. The summed E-state index contributed by atoms with van der Waals surface area (Å²) in [5, 5.41) is 17.5. The van der Waals surface area contributed by atoms with Crippen LogP contribution in [-0.4, -0.2) is 27.9 Å². The fraction of sp³-hybridized carbons (Fsp3) is 0.500. The zero-order valence-electron chi connectivity index (χ0n) is 23.9. The van der Waals surface area contributed by atoms with Gasteiger partial charge in [-0.05, 0) is 50.7 Å². The number of allylic oxidation sites excluding steroid dienone is 2. The summed E-state index contributed by atoms with van der Waals surface area (Å²) in [6.45, 7) is 3.86. The van der Waals surface area contributed by atoms with Crippen LogP contribution in [0.4, 0.5) is 0 Å². The maximum Gasteiger partial charge on any atom is 0.310 e. The van der Waals surface area contributed by atoms with Gasteiger partial charge in [-0.1, -0.05) is 119 Å². The van der Waals surface area contributed by atoms with Crippen molar-refractivity contribution in [2.75, 3.05) is 0 Å². The van der Waals surface area contributed by atoms with Crippen molar-refractivity contribution in [2.24, 2.45) is 0 Å². The highest BCUT2D eigenvalue weighted by Crippen LogP contribution is 2.19. The topological polar surface area (TPSA) is 91.7 Å². The molecule has 0 amide bonds. The van der Waals surface area contributed by atoms with Gasteiger partial charge in [-0.15, -0.1) is 0 Å². The molecule has 0 fully saturated rings. The molecule has 2 N–H and O–H groups in total. The summed E-state index contributed by atoms with van der Waals surface area (Å²) in [6, 6.07) is 15.7. The van der Waals surface area contributed by atoms with Gasteiger partial charge >= 0.3 is 11.9 Å². The normalized spacial score (nSPS) is 11.5. The Bertz CT molecular complexity index is 980. The molecule has 1 atom stereocenters. The van der Waals surface area contributed by atoms with Crippen molar-refractivity contribution in [3.63, 3.8) is 0 Å². The largest absolute Gasteiger partial charge is 0.481 e. The van der Waals surface area contributed by atoms with Crippen molar-refractivity contribution in [3.8, 4) is 0 Å². The lowest BCUT2D eigenvalue weighted by atomic mass is 9.96. The van der Waals surface area contributed by atoms with E-state index in [0.29, 0.717) is 23.1 Å². The molecule has 0 spiro atoms. The molecule has 0 aliphatic carbocycles. The van der Waals surface area contributed by atoms with Gasteiger partial charge in [-0.25, -0.2) is 0 Å². The zero-order valence-corrected chi connectivity index (χ0v) is 23.9. The summed E-state index contributed by atoms with van der Waals surface area (Å²) in [4.78, 5) is 33.5. The molecule has 2 aromatic carbocycles. The minimum Gasteiger partial charge on any atom is -0.481 e. The van der Waals surface area contributed by atoms with Gasteiger partial charge in [-0.3, -0.25) is 14.4 Å². The van der Waals surface area contributed by atoms with Crippen molar-refractivity contribution in [2.45, 2.75) is 110 Å². The zero-order chi connectivity index (χ0) is 28.7. The predicted octanol–water partition coefficient (Wildman–Crippen LogP) is 9.21. The first-order valence-electron chi connectivity index (χ1n) is 14.7. The van der Waals surface area contributed by atoms with Crippen LogP contribution >= 0.6 is 0 Å². The van der Waals surface area contributed by atoms with Crippen LogP contribution in [0.15, 0.2) is 66.7 Å². The lowest BCUT2D eigenvalue weighted by Crippen LogP contribution is -2.09. The van der Waals surface area contributed by atoms with Gasteiger partial charge in [0, 0.05) is 17.5 Å². The average Bonchev–Trinajstić information content (AvgIpc) is 2.95. The molecule has 0 saturated carbocycles. The third kappa shape index (κ3) is 16.4. The van der Waals surface area contributed by atoms with Crippen LogP contribution in [0.25, 0.3) is 0 Å². The Balaban J connectivity index is 0.000000390. The van der Waals surface area contributed by atoms with Crippen molar-refractivity contribution in [1.82, 2.24) is 0 Å². The molecule has 214 valence electrons. The van der Waals surface area contributed by atoms with E-state index < -0.39 is 17.9 Å². The predicted molar refractivity (Wildman–Crippen MR) is 159 cm³/mol. The number of benzene rings is 2. The van der Waals surface area contributed by atoms with Crippen LogP contribution < -0.4 is 0 Å². The molecule has 0 aliphatic heterocycles. The molecular weight excluding hydrogens is 488 g/mol. The highest BCUT2D eigenvalue weighted by atomic mass is 16.4. The van der Waals surface area contributed by atoms with Gasteiger partial charge < -0.3 is 10.2 Å². The minimum atomic E-state index is -0.899. The van der Waals surface area contributed by atoms with Gasteiger partial charge in [0.25, 0.3) is 0 Å². The molecule has 5 nitrogen and oxygen atoms in total. The Kier molecular flexibility index (Phi) is 18.8. The average molecular weight is 537 g/mol. The monoisotopic (exact) mass is 536 g/mol. The standard InChI is InChI=1S/C18H34O2.C16H14O3/c1-2-3-4-5-6-7-8-9-10-11-12-13-14-15-16-17-18(19)20;1-11(16(18)19)13-8-5-9-14(10-13)15(17)12-6-3-2-4-7-12/h9-10H,2-8,11-17H2,1H3,(H,19,20);2-11H,1H3,(H,18,19)/b10-9-;. The number of rotatable bonds is 19. The number of carboxylic acids is 2. The maximum atomic E-state index is 12.2. The van der Waals surface area contributed by atoms with Crippen molar-refractivity contribution in [1.29, 1.82) is 0 Å². The van der Waals surface area contributed by atoms with Gasteiger partial charge in [0.2, 0.25) is 0 Å². The lowest BCUT2D eigenvalue weighted by Gasteiger charge is -2.08. The van der Waals surface area contributed by atoms with Crippen LogP contribution in [0.5, 0.6) is 0 Å². The number of unbranched alkanes of at least 4 members (excludes halogenated alkanes) is 11. The second kappa shape index (κ2) is 21.7.